The standard InChI is InChI=1S/C14H15Cl2N3/c1-9-10(7-17-12-3-4-12)8-18-19(9)14-5-2-11(15)6-13(14)16/h2,5-6,8,12,17H,3-4,7H2,1H3. The van der Waals surface area contributed by atoms with Gasteiger partial charge >= 0.3 is 0 Å². The lowest BCUT2D eigenvalue weighted by molar-refractivity contribution is 0.684. The van der Waals surface area contributed by atoms with Gasteiger partial charge in [-0.15, -0.1) is 0 Å². The molecule has 0 saturated heterocycles. The topological polar surface area (TPSA) is 29.9 Å². The van der Waals surface area contributed by atoms with Crippen molar-refractivity contribution in [2.24, 2.45) is 0 Å². The zero-order valence-electron chi connectivity index (χ0n) is 10.7. The van der Waals surface area contributed by atoms with E-state index in [1.54, 1.807) is 6.07 Å². The Labute approximate surface area is 122 Å². The van der Waals surface area contributed by atoms with Crippen molar-refractivity contribution in [3.63, 3.8) is 0 Å². The van der Waals surface area contributed by atoms with Gasteiger partial charge in [0.25, 0.3) is 0 Å². The normalized spacial score (nSPS) is 14.9. The number of hydrogen-bond donors (Lipinski definition) is 1. The smallest absolute Gasteiger partial charge is 0.0836 e. The van der Waals surface area contributed by atoms with Crippen LogP contribution in [0.5, 0.6) is 0 Å². The number of halogens is 2. The molecule has 5 heteroatoms. The van der Waals surface area contributed by atoms with Crippen molar-refractivity contribution in [3.8, 4) is 5.69 Å². The molecule has 0 atom stereocenters. The van der Waals surface area contributed by atoms with Gasteiger partial charge in [0.2, 0.25) is 0 Å². The van der Waals surface area contributed by atoms with Gasteiger partial charge in [-0.1, -0.05) is 23.2 Å². The van der Waals surface area contributed by atoms with Crippen LogP contribution in [0.3, 0.4) is 0 Å². The van der Waals surface area contributed by atoms with E-state index in [1.165, 1.54) is 18.4 Å². The van der Waals surface area contributed by atoms with Gasteiger partial charge < -0.3 is 5.32 Å². The first-order valence-electron chi connectivity index (χ1n) is 6.37. The van der Waals surface area contributed by atoms with Crippen LogP contribution in [0.2, 0.25) is 10.0 Å². The average Bonchev–Trinajstić information content (AvgIpc) is 3.13. The Morgan fingerprint density at radius 1 is 1.37 bits per heavy atom. The van der Waals surface area contributed by atoms with Gasteiger partial charge in [0.15, 0.2) is 0 Å². The number of aromatic nitrogens is 2. The minimum Gasteiger partial charge on any atom is -0.310 e. The molecule has 0 spiro atoms. The molecule has 2 aromatic rings. The molecule has 1 aromatic carbocycles. The summed E-state index contributed by atoms with van der Waals surface area (Å²) in [6.07, 6.45) is 4.47. The highest BCUT2D eigenvalue weighted by Gasteiger charge is 2.21. The summed E-state index contributed by atoms with van der Waals surface area (Å²) < 4.78 is 1.86. The summed E-state index contributed by atoms with van der Waals surface area (Å²) in [5, 5.41) is 9.16. The molecule has 3 nitrogen and oxygen atoms in total. The summed E-state index contributed by atoms with van der Waals surface area (Å²) in [6, 6.07) is 6.15. The fraction of sp³-hybridized carbons (Fsp3) is 0.357. The molecular formula is C14H15Cl2N3. The Bertz CT molecular complexity index is 603. The van der Waals surface area contributed by atoms with Crippen molar-refractivity contribution in [1.29, 1.82) is 0 Å². The summed E-state index contributed by atoms with van der Waals surface area (Å²) in [7, 11) is 0. The summed E-state index contributed by atoms with van der Waals surface area (Å²) >= 11 is 12.1. The quantitative estimate of drug-likeness (QED) is 0.931. The van der Waals surface area contributed by atoms with Gasteiger partial charge in [0.1, 0.15) is 0 Å². The van der Waals surface area contributed by atoms with E-state index in [4.69, 9.17) is 23.2 Å². The summed E-state index contributed by atoms with van der Waals surface area (Å²) in [4.78, 5) is 0. The third kappa shape index (κ3) is 2.78. The molecule has 1 saturated carbocycles. The van der Waals surface area contributed by atoms with E-state index in [-0.39, 0.29) is 0 Å². The molecule has 0 radical (unpaired) electrons. The van der Waals surface area contributed by atoms with Gasteiger partial charge in [-0.2, -0.15) is 5.10 Å². The van der Waals surface area contributed by atoms with Crippen LogP contribution in [0.1, 0.15) is 24.1 Å². The molecule has 1 N–H and O–H groups in total. The van der Waals surface area contributed by atoms with E-state index in [1.807, 2.05) is 23.0 Å². The van der Waals surface area contributed by atoms with E-state index in [0.29, 0.717) is 16.1 Å². The minimum atomic E-state index is 0.611. The van der Waals surface area contributed by atoms with Crippen LogP contribution in [-0.4, -0.2) is 15.8 Å². The van der Waals surface area contributed by atoms with Crippen molar-refractivity contribution in [2.75, 3.05) is 0 Å². The second kappa shape index (κ2) is 5.16. The number of benzene rings is 1. The average molecular weight is 296 g/mol. The second-order valence-corrected chi connectivity index (χ2v) is 5.76. The highest BCUT2D eigenvalue weighted by Crippen LogP contribution is 2.26. The van der Waals surface area contributed by atoms with E-state index in [2.05, 4.69) is 17.3 Å². The number of hydrogen-bond acceptors (Lipinski definition) is 2. The van der Waals surface area contributed by atoms with Crippen LogP contribution in [-0.2, 0) is 6.54 Å². The van der Waals surface area contributed by atoms with Crippen LogP contribution in [0.4, 0.5) is 0 Å². The largest absolute Gasteiger partial charge is 0.310 e. The maximum Gasteiger partial charge on any atom is 0.0836 e. The molecule has 3 rings (SSSR count). The fourth-order valence-corrected chi connectivity index (χ4v) is 2.54. The molecule has 0 amide bonds. The Balaban J connectivity index is 1.87. The van der Waals surface area contributed by atoms with Crippen LogP contribution in [0, 0.1) is 6.92 Å². The van der Waals surface area contributed by atoms with Gasteiger partial charge in [0, 0.05) is 28.9 Å². The molecule has 0 unspecified atom stereocenters. The predicted molar refractivity (Wildman–Crippen MR) is 78.2 cm³/mol. The molecule has 100 valence electrons. The van der Waals surface area contributed by atoms with Gasteiger partial charge in [-0.05, 0) is 38.0 Å². The van der Waals surface area contributed by atoms with Crippen LogP contribution in [0.25, 0.3) is 5.69 Å². The zero-order chi connectivity index (χ0) is 13.4. The summed E-state index contributed by atoms with van der Waals surface area (Å²) in [6.45, 7) is 2.92. The molecule has 1 fully saturated rings. The number of nitrogens with one attached hydrogen (secondary N) is 1. The van der Waals surface area contributed by atoms with Crippen LogP contribution in [0.15, 0.2) is 24.4 Å². The van der Waals surface area contributed by atoms with E-state index < -0.39 is 0 Å². The SMILES string of the molecule is Cc1c(CNC2CC2)cnn1-c1ccc(Cl)cc1Cl. The Hall–Kier alpha value is -1.03. The molecule has 0 bridgehead atoms. The lowest BCUT2D eigenvalue weighted by atomic mass is 10.2. The summed E-state index contributed by atoms with van der Waals surface area (Å²) in [5.74, 6) is 0. The molecule has 1 aliphatic rings. The maximum absolute atomic E-state index is 6.22. The Kier molecular flexibility index (Phi) is 3.52. The summed E-state index contributed by atoms with van der Waals surface area (Å²) in [5.41, 5.74) is 3.18. The highest BCUT2D eigenvalue weighted by molar-refractivity contribution is 6.35. The lowest BCUT2D eigenvalue weighted by Gasteiger charge is -2.08. The molecule has 19 heavy (non-hydrogen) atoms. The second-order valence-electron chi connectivity index (χ2n) is 4.92. The number of nitrogens with zero attached hydrogens (tertiary/aromatic N) is 2. The molecule has 0 aliphatic heterocycles. The van der Waals surface area contributed by atoms with Crippen LogP contribution >= 0.6 is 23.2 Å². The predicted octanol–water partition coefficient (Wildman–Crippen LogP) is 3.74. The fourth-order valence-electron chi connectivity index (χ4n) is 2.05. The minimum absolute atomic E-state index is 0.611. The maximum atomic E-state index is 6.22. The lowest BCUT2D eigenvalue weighted by Crippen LogP contribution is -2.15. The Morgan fingerprint density at radius 3 is 2.84 bits per heavy atom. The molecule has 1 aliphatic carbocycles. The first-order valence-corrected chi connectivity index (χ1v) is 7.13. The van der Waals surface area contributed by atoms with E-state index >= 15 is 0 Å². The van der Waals surface area contributed by atoms with Crippen LogP contribution < -0.4 is 5.32 Å². The molecule has 1 aromatic heterocycles. The molecule has 1 heterocycles. The third-order valence-corrected chi connectivity index (χ3v) is 3.95. The van der Waals surface area contributed by atoms with Crippen molar-refractivity contribution < 1.29 is 0 Å². The zero-order valence-corrected chi connectivity index (χ0v) is 12.2. The number of rotatable bonds is 4. The van der Waals surface area contributed by atoms with Crippen molar-refractivity contribution in [1.82, 2.24) is 15.1 Å². The first-order chi connectivity index (χ1) is 9.15. The monoisotopic (exact) mass is 295 g/mol. The van der Waals surface area contributed by atoms with Crippen molar-refractivity contribution in [3.05, 3.63) is 45.7 Å². The van der Waals surface area contributed by atoms with Gasteiger partial charge in [-0.3, -0.25) is 0 Å². The van der Waals surface area contributed by atoms with Crippen molar-refractivity contribution >= 4 is 23.2 Å². The van der Waals surface area contributed by atoms with Gasteiger partial charge in [0.05, 0.1) is 16.9 Å². The van der Waals surface area contributed by atoms with Crippen molar-refractivity contribution in [2.45, 2.75) is 32.4 Å². The highest BCUT2D eigenvalue weighted by atomic mass is 35.5. The first kappa shape index (κ1) is 13.0. The molecular weight excluding hydrogens is 281 g/mol. The van der Waals surface area contributed by atoms with E-state index in [9.17, 15) is 0 Å². The Morgan fingerprint density at radius 2 is 2.16 bits per heavy atom. The third-order valence-electron chi connectivity index (χ3n) is 3.41. The van der Waals surface area contributed by atoms with Gasteiger partial charge in [-0.25, -0.2) is 4.68 Å². The van der Waals surface area contributed by atoms with E-state index in [0.717, 1.165) is 17.9 Å².